The second-order valence-corrected chi connectivity index (χ2v) is 6.54. The largest absolute Gasteiger partial charge is 0.331 e. The molecule has 0 aliphatic carbocycles. The van der Waals surface area contributed by atoms with Crippen LogP contribution in [0.3, 0.4) is 0 Å². The summed E-state index contributed by atoms with van der Waals surface area (Å²) in [4.78, 5) is 11.4. The standard InChI is InChI=1S/C19H23N5/c1-22-12-8-20-18(22)19-21-9-13-24(19)15-17-6-4-16(5-7-17)14-23-10-2-3-11-23/h4-9,12-13H,2-3,10-11,14-15H2,1H3. The third-order valence-electron chi connectivity index (χ3n) is 4.72. The van der Waals surface area contributed by atoms with Gasteiger partial charge in [-0.3, -0.25) is 4.90 Å². The molecule has 0 saturated carbocycles. The van der Waals surface area contributed by atoms with Crippen LogP contribution in [0.5, 0.6) is 0 Å². The van der Waals surface area contributed by atoms with E-state index in [9.17, 15) is 0 Å². The lowest BCUT2D eigenvalue weighted by molar-refractivity contribution is 0.331. The zero-order valence-electron chi connectivity index (χ0n) is 14.1. The van der Waals surface area contributed by atoms with Gasteiger partial charge in [0.25, 0.3) is 0 Å². The number of nitrogens with zero attached hydrogens (tertiary/aromatic N) is 5. The Morgan fingerprint density at radius 3 is 2.12 bits per heavy atom. The first-order valence-corrected chi connectivity index (χ1v) is 8.58. The van der Waals surface area contributed by atoms with Gasteiger partial charge in [-0.1, -0.05) is 24.3 Å². The van der Waals surface area contributed by atoms with E-state index in [0.29, 0.717) is 0 Å². The van der Waals surface area contributed by atoms with Crippen molar-refractivity contribution < 1.29 is 0 Å². The predicted octanol–water partition coefficient (Wildman–Crippen LogP) is 2.93. The Morgan fingerprint density at radius 1 is 0.833 bits per heavy atom. The van der Waals surface area contributed by atoms with Gasteiger partial charge in [-0.15, -0.1) is 0 Å². The van der Waals surface area contributed by atoms with Gasteiger partial charge >= 0.3 is 0 Å². The molecule has 5 heteroatoms. The number of hydrogen-bond acceptors (Lipinski definition) is 3. The first-order valence-electron chi connectivity index (χ1n) is 8.58. The molecule has 0 amide bonds. The van der Waals surface area contributed by atoms with Crippen molar-refractivity contribution in [3.05, 3.63) is 60.2 Å². The van der Waals surface area contributed by atoms with E-state index < -0.39 is 0 Å². The topological polar surface area (TPSA) is 38.9 Å². The summed E-state index contributed by atoms with van der Waals surface area (Å²) >= 11 is 0. The number of aryl methyl sites for hydroxylation is 1. The molecule has 2 aromatic heterocycles. The molecule has 0 unspecified atom stereocenters. The first kappa shape index (κ1) is 15.1. The van der Waals surface area contributed by atoms with Crippen molar-refractivity contribution in [1.82, 2.24) is 24.0 Å². The molecule has 5 nitrogen and oxygen atoms in total. The average molecular weight is 321 g/mol. The summed E-state index contributed by atoms with van der Waals surface area (Å²) in [5, 5.41) is 0. The van der Waals surface area contributed by atoms with E-state index in [-0.39, 0.29) is 0 Å². The fourth-order valence-electron chi connectivity index (χ4n) is 3.37. The molecule has 3 heterocycles. The van der Waals surface area contributed by atoms with Crippen molar-refractivity contribution in [2.24, 2.45) is 7.05 Å². The molecule has 0 N–H and O–H groups in total. The Bertz CT molecular complexity index is 793. The van der Waals surface area contributed by atoms with Crippen molar-refractivity contribution in [2.75, 3.05) is 13.1 Å². The number of likely N-dealkylation sites (tertiary alicyclic amines) is 1. The van der Waals surface area contributed by atoms with Gasteiger partial charge in [-0.25, -0.2) is 9.97 Å². The lowest BCUT2D eigenvalue weighted by Crippen LogP contribution is -2.18. The molecule has 0 atom stereocenters. The lowest BCUT2D eigenvalue weighted by atomic mass is 10.1. The Morgan fingerprint density at radius 2 is 1.46 bits per heavy atom. The van der Waals surface area contributed by atoms with Crippen molar-refractivity contribution in [2.45, 2.75) is 25.9 Å². The number of aromatic nitrogens is 4. The quantitative estimate of drug-likeness (QED) is 0.725. The normalized spacial score (nSPS) is 15.2. The average Bonchev–Trinajstić information content (AvgIpc) is 3.32. The van der Waals surface area contributed by atoms with Gasteiger partial charge in [0.15, 0.2) is 11.6 Å². The van der Waals surface area contributed by atoms with E-state index >= 15 is 0 Å². The molecule has 1 aromatic carbocycles. The molecule has 1 fully saturated rings. The molecule has 1 aliphatic rings. The van der Waals surface area contributed by atoms with Gasteiger partial charge in [0.1, 0.15) is 0 Å². The smallest absolute Gasteiger partial charge is 0.176 e. The Hall–Kier alpha value is -2.40. The maximum Gasteiger partial charge on any atom is 0.176 e. The van der Waals surface area contributed by atoms with Crippen LogP contribution < -0.4 is 0 Å². The monoisotopic (exact) mass is 321 g/mol. The lowest BCUT2D eigenvalue weighted by Gasteiger charge is -2.15. The van der Waals surface area contributed by atoms with E-state index in [1.54, 1.807) is 0 Å². The highest BCUT2D eigenvalue weighted by molar-refractivity contribution is 5.45. The minimum Gasteiger partial charge on any atom is -0.331 e. The van der Waals surface area contributed by atoms with Crippen molar-refractivity contribution in [3.8, 4) is 11.6 Å². The second-order valence-electron chi connectivity index (χ2n) is 6.54. The van der Waals surface area contributed by atoms with Gasteiger partial charge in [-0.05, 0) is 37.1 Å². The number of rotatable bonds is 5. The number of imidazole rings is 2. The van der Waals surface area contributed by atoms with Crippen molar-refractivity contribution in [3.63, 3.8) is 0 Å². The Balaban J connectivity index is 1.48. The summed E-state index contributed by atoms with van der Waals surface area (Å²) in [6.45, 7) is 4.36. The van der Waals surface area contributed by atoms with Crippen molar-refractivity contribution in [1.29, 1.82) is 0 Å². The van der Waals surface area contributed by atoms with Crippen LogP contribution in [0.2, 0.25) is 0 Å². The molecule has 1 saturated heterocycles. The summed E-state index contributed by atoms with van der Waals surface area (Å²) in [5.74, 6) is 1.80. The number of hydrogen-bond donors (Lipinski definition) is 0. The van der Waals surface area contributed by atoms with Crippen LogP contribution in [0.1, 0.15) is 24.0 Å². The van der Waals surface area contributed by atoms with Gasteiger partial charge in [0.05, 0.1) is 0 Å². The maximum absolute atomic E-state index is 4.47. The molecule has 0 spiro atoms. The molecule has 0 radical (unpaired) electrons. The number of benzene rings is 1. The third kappa shape index (κ3) is 3.12. The summed E-state index contributed by atoms with van der Waals surface area (Å²) in [6.07, 6.45) is 10.3. The highest BCUT2D eigenvalue weighted by Gasteiger charge is 2.12. The van der Waals surface area contributed by atoms with Gasteiger partial charge in [0, 0.05) is 44.9 Å². The molecule has 4 rings (SSSR count). The molecular weight excluding hydrogens is 298 g/mol. The molecule has 0 bridgehead atoms. The molecule has 1 aliphatic heterocycles. The van der Waals surface area contributed by atoms with E-state index in [4.69, 9.17) is 0 Å². The minimum absolute atomic E-state index is 0.812. The molecular formula is C19H23N5. The van der Waals surface area contributed by atoms with Gasteiger partial charge in [0.2, 0.25) is 0 Å². The highest BCUT2D eigenvalue weighted by Crippen LogP contribution is 2.17. The molecule has 24 heavy (non-hydrogen) atoms. The predicted molar refractivity (Wildman–Crippen MR) is 94.5 cm³/mol. The van der Waals surface area contributed by atoms with E-state index in [0.717, 1.165) is 24.7 Å². The van der Waals surface area contributed by atoms with Crippen LogP contribution in [-0.2, 0) is 20.1 Å². The third-order valence-corrected chi connectivity index (χ3v) is 4.72. The fourth-order valence-corrected chi connectivity index (χ4v) is 3.37. The van der Waals surface area contributed by atoms with E-state index in [2.05, 4.69) is 43.7 Å². The zero-order valence-corrected chi connectivity index (χ0v) is 14.1. The SMILES string of the molecule is Cn1ccnc1-c1nccn1Cc1ccc(CN2CCCC2)cc1. The van der Waals surface area contributed by atoms with Crippen LogP contribution in [-0.4, -0.2) is 37.1 Å². The van der Waals surface area contributed by atoms with Crippen LogP contribution in [0, 0.1) is 0 Å². The molecule has 3 aromatic rings. The fraction of sp³-hybridized carbons (Fsp3) is 0.368. The van der Waals surface area contributed by atoms with Gasteiger partial charge in [-0.2, -0.15) is 0 Å². The minimum atomic E-state index is 0.812. The summed E-state index contributed by atoms with van der Waals surface area (Å²) < 4.78 is 4.15. The summed E-state index contributed by atoms with van der Waals surface area (Å²) in [7, 11) is 1.99. The van der Waals surface area contributed by atoms with Crippen LogP contribution in [0.4, 0.5) is 0 Å². The zero-order chi connectivity index (χ0) is 16.4. The van der Waals surface area contributed by atoms with Crippen molar-refractivity contribution >= 4 is 0 Å². The van der Waals surface area contributed by atoms with Crippen LogP contribution in [0.15, 0.2) is 49.1 Å². The van der Waals surface area contributed by atoms with E-state index in [1.807, 2.05) is 36.4 Å². The summed E-state index contributed by atoms with van der Waals surface area (Å²) in [6, 6.07) is 8.97. The van der Waals surface area contributed by atoms with Crippen LogP contribution >= 0.6 is 0 Å². The summed E-state index contributed by atoms with van der Waals surface area (Å²) in [5.41, 5.74) is 2.68. The second kappa shape index (κ2) is 6.61. The maximum atomic E-state index is 4.47. The highest BCUT2D eigenvalue weighted by atomic mass is 15.1. The Labute approximate surface area is 142 Å². The Kier molecular flexibility index (Phi) is 4.17. The van der Waals surface area contributed by atoms with E-state index in [1.165, 1.54) is 37.1 Å². The van der Waals surface area contributed by atoms with Crippen LogP contribution in [0.25, 0.3) is 11.6 Å². The molecule has 124 valence electrons. The first-order chi connectivity index (χ1) is 11.8. The van der Waals surface area contributed by atoms with Gasteiger partial charge < -0.3 is 9.13 Å².